The van der Waals surface area contributed by atoms with Crippen molar-refractivity contribution in [3.05, 3.63) is 96.1 Å². The largest absolute Gasteiger partial charge is 0.453 e. The molecule has 0 spiro atoms. The molecular weight excluding hydrogens is 426 g/mol. The highest BCUT2D eigenvalue weighted by atomic mass is 16.5. The summed E-state index contributed by atoms with van der Waals surface area (Å²) in [7, 11) is 0. The average molecular weight is 470 g/mol. The summed E-state index contributed by atoms with van der Waals surface area (Å²) in [4.78, 5) is 2.36. The lowest BCUT2D eigenvalue weighted by atomic mass is 9.69. The normalized spacial score (nSPS) is 13.9. The van der Waals surface area contributed by atoms with Gasteiger partial charge in [0.15, 0.2) is 11.5 Å². The number of rotatable bonds is 4. The molecule has 1 heterocycles. The van der Waals surface area contributed by atoms with Gasteiger partial charge in [0.1, 0.15) is 0 Å². The molecular formula is C33H43NO. The van der Waals surface area contributed by atoms with Crippen LogP contribution >= 0.6 is 0 Å². The van der Waals surface area contributed by atoms with Crippen molar-refractivity contribution in [1.29, 1.82) is 0 Å². The summed E-state index contributed by atoms with van der Waals surface area (Å²) in [6.45, 7) is 18.9. The number of anilines is 2. The summed E-state index contributed by atoms with van der Waals surface area (Å²) >= 11 is 0. The zero-order chi connectivity index (χ0) is 25.6. The summed E-state index contributed by atoms with van der Waals surface area (Å²) in [6, 6.07) is 25.9. The third kappa shape index (κ3) is 7.01. The Morgan fingerprint density at radius 2 is 1.20 bits per heavy atom. The highest BCUT2D eigenvalue weighted by Crippen LogP contribution is 2.47. The Hall–Kier alpha value is -3.00. The van der Waals surface area contributed by atoms with Gasteiger partial charge in [-0.15, -0.1) is 0 Å². The fourth-order valence-corrected chi connectivity index (χ4v) is 4.53. The van der Waals surface area contributed by atoms with E-state index in [2.05, 4.69) is 95.0 Å². The molecule has 0 amide bonds. The van der Waals surface area contributed by atoms with E-state index in [-0.39, 0.29) is 5.41 Å². The number of allylic oxidation sites excluding steroid dienone is 2. The summed E-state index contributed by atoms with van der Waals surface area (Å²) in [5.41, 5.74) is 5.51. The molecule has 1 unspecified atom stereocenters. The van der Waals surface area contributed by atoms with Gasteiger partial charge in [0.05, 0.1) is 11.4 Å². The molecule has 2 nitrogen and oxygen atoms in total. The Bertz CT molecular complexity index is 1060. The Balaban J connectivity index is 0.000000795. The van der Waals surface area contributed by atoms with Crippen molar-refractivity contribution in [2.45, 2.75) is 74.3 Å². The lowest BCUT2D eigenvalue weighted by molar-refractivity contribution is 0.229. The van der Waals surface area contributed by atoms with Crippen LogP contribution in [0, 0.1) is 10.8 Å². The molecule has 3 aromatic rings. The minimum atomic E-state index is 0.233. The molecule has 1 atom stereocenters. The van der Waals surface area contributed by atoms with Crippen LogP contribution in [0.4, 0.5) is 11.4 Å². The van der Waals surface area contributed by atoms with Crippen molar-refractivity contribution in [3.63, 3.8) is 0 Å². The first-order valence-electron chi connectivity index (χ1n) is 12.8. The Morgan fingerprint density at radius 1 is 0.714 bits per heavy atom. The molecule has 0 N–H and O–H groups in total. The summed E-state index contributed by atoms with van der Waals surface area (Å²) in [5, 5.41) is 0. The van der Waals surface area contributed by atoms with E-state index >= 15 is 0 Å². The zero-order valence-electron chi connectivity index (χ0n) is 22.9. The number of hydrogen-bond acceptors (Lipinski definition) is 2. The lowest BCUT2D eigenvalue weighted by Gasteiger charge is -2.36. The maximum Gasteiger partial charge on any atom is 0.151 e. The average Bonchev–Trinajstić information content (AvgIpc) is 2.82. The predicted molar refractivity (Wildman–Crippen MR) is 152 cm³/mol. The van der Waals surface area contributed by atoms with Crippen LogP contribution in [0.15, 0.2) is 84.9 Å². The molecule has 0 radical (unpaired) electrons. The molecule has 4 rings (SSSR count). The van der Waals surface area contributed by atoms with Crippen LogP contribution < -0.4 is 9.64 Å². The van der Waals surface area contributed by atoms with Crippen LogP contribution in [0.3, 0.4) is 0 Å². The SMILES string of the molecule is C/C=C\C.CC(C)(C)CC(c1ccc(CN2c3ccccc3Oc3ccccc32)cc1)C(C)(C)C. The number of nitrogens with zero attached hydrogens (tertiary/aromatic N) is 1. The minimum Gasteiger partial charge on any atom is -0.453 e. The second kappa shape index (κ2) is 11.2. The maximum absolute atomic E-state index is 6.14. The number of ether oxygens (including phenoxy) is 1. The van der Waals surface area contributed by atoms with Crippen LogP contribution in [0.1, 0.15) is 78.9 Å². The molecule has 1 aliphatic rings. The Labute approximate surface area is 213 Å². The number of para-hydroxylation sites is 4. The molecule has 3 aromatic carbocycles. The van der Waals surface area contributed by atoms with Crippen molar-refractivity contribution < 1.29 is 4.74 Å². The van der Waals surface area contributed by atoms with Gasteiger partial charge in [-0.3, -0.25) is 0 Å². The monoisotopic (exact) mass is 469 g/mol. The molecule has 35 heavy (non-hydrogen) atoms. The summed E-state index contributed by atoms with van der Waals surface area (Å²) in [5.74, 6) is 2.36. The van der Waals surface area contributed by atoms with Gasteiger partial charge in [0.2, 0.25) is 0 Å². The van der Waals surface area contributed by atoms with Crippen molar-refractivity contribution >= 4 is 11.4 Å². The van der Waals surface area contributed by atoms with Crippen molar-refractivity contribution in [1.82, 2.24) is 0 Å². The molecule has 0 aromatic heterocycles. The number of benzene rings is 3. The van der Waals surface area contributed by atoms with Gasteiger partial charge in [-0.05, 0) is 72.4 Å². The number of hydrogen-bond donors (Lipinski definition) is 0. The van der Waals surface area contributed by atoms with Crippen molar-refractivity contribution in [3.8, 4) is 11.5 Å². The van der Waals surface area contributed by atoms with E-state index in [1.165, 1.54) is 17.5 Å². The fourth-order valence-electron chi connectivity index (χ4n) is 4.53. The molecule has 0 saturated heterocycles. The van der Waals surface area contributed by atoms with E-state index in [0.717, 1.165) is 29.4 Å². The van der Waals surface area contributed by atoms with Crippen LogP contribution in [0.2, 0.25) is 0 Å². The van der Waals surface area contributed by atoms with Crippen LogP contribution in [-0.2, 0) is 6.54 Å². The second-order valence-electron chi connectivity index (χ2n) is 11.7. The number of fused-ring (bicyclic) bond motifs is 2. The van der Waals surface area contributed by atoms with Gasteiger partial charge >= 0.3 is 0 Å². The molecule has 2 heteroatoms. The van der Waals surface area contributed by atoms with E-state index < -0.39 is 0 Å². The highest BCUT2D eigenvalue weighted by molar-refractivity contribution is 5.77. The fraction of sp³-hybridized carbons (Fsp3) is 0.394. The predicted octanol–water partition coefficient (Wildman–Crippen LogP) is 10.3. The molecule has 0 bridgehead atoms. The van der Waals surface area contributed by atoms with Gasteiger partial charge in [-0.1, -0.05) is 102 Å². The first kappa shape index (κ1) is 26.6. The summed E-state index contributed by atoms with van der Waals surface area (Å²) in [6.07, 6.45) is 5.18. The molecule has 0 aliphatic carbocycles. The minimum absolute atomic E-state index is 0.233. The van der Waals surface area contributed by atoms with Gasteiger partial charge in [0.25, 0.3) is 0 Å². The van der Waals surface area contributed by atoms with E-state index in [9.17, 15) is 0 Å². The molecule has 0 saturated carbocycles. The molecule has 0 fully saturated rings. The van der Waals surface area contributed by atoms with Crippen LogP contribution in [0.5, 0.6) is 11.5 Å². The van der Waals surface area contributed by atoms with E-state index in [1.54, 1.807) is 0 Å². The molecule has 1 aliphatic heterocycles. The highest BCUT2D eigenvalue weighted by Gasteiger charge is 2.30. The third-order valence-corrected chi connectivity index (χ3v) is 6.45. The topological polar surface area (TPSA) is 12.5 Å². The van der Waals surface area contributed by atoms with Crippen LogP contribution in [0.25, 0.3) is 0 Å². The van der Waals surface area contributed by atoms with Gasteiger partial charge in [0, 0.05) is 6.54 Å². The Morgan fingerprint density at radius 3 is 1.63 bits per heavy atom. The summed E-state index contributed by atoms with van der Waals surface area (Å²) < 4.78 is 6.14. The zero-order valence-corrected chi connectivity index (χ0v) is 22.9. The van der Waals surface area contributed by atoms with Gasteiger partial charge < -0.3 is 9.64 Å². The van der Waals surface area contributed by atoms with E-state index in [0.29, 0.717) is 11.3 Å². The van der Waals surface area contributed by atoms with Crippen LogP contribution in [-0.4, -0.2) is 0 Å². The first-order chi connectivity index (χ1) is 16.5. The van der Waals surface area contributed by atoms with E-state index in [1.807, 2.05) is 50.3 Å². The van der Waals surface area contributed by atoms with Gasteiger partial charge in [-0.25, -0.2) is 0 Å². The smallest absolute Gasteiger partial charge is 0.151 e. The van der Waals surface area contributed by atoms with Gasteiger partial charge in [-0.2, -0.15) is 0 Å². The first-order valence-corrected chi connectivity index (χ1v) is 12.8. The molecule has 186 valence electrons. The van der Waals surface area contributed by atoms with Crippen molar-refractivity contribution in [2.24, 2.45) is 10.8 Å². The standard InChI is InChI=1S/C29H35NO.C4H8/c1-28(2,3)19-23(29(4,5)6)22-17-15-21(16-18-22)20-30-24-11-7-9-13-26(24)31-27-14-10-8-12-25(27)30;1-3-4-2/h7-18,23H,19-20H2,1-6H3;3-4H,1-2H3/b;4-3-. The van der Waals surface area contributed by atoms with Crippen molar-refractivity contribution in [2.75, 3.05) is 4.90 Å². The van der Waals surface area contributed by atoms with E-state index in [4.69, 9.17) is 4.74 Å². The maximum atomic E-state index is 6.14. The Kier molecular flexibility index (Phi) is 8.48. The second-order valence-corrected chi connectivity index (χ2v) is 11.7. The third-order valence-electron chi connectivity index (χ3n) is 6.45. The quantitative estimate of drug-likeness (QED) is 0.352. The lowest BCUT2D eigenvalue weighted by Crippen LogP contribution is -2.24.